The number of hydrogen-bond donors (Lipinski definition) is 1. The van der Waals surface area contributed by atoms with Gasteiger partial charge in [-0.25, -0.2) is 9.97 Å². The molecule has 4 heterocycles. The fourth-order valence-corrected chi connectivity index (χ4v) is 3.02. The summed E-state index contributed by atoms with van der Waals surface area (Å²) in [5.74, 6) is 1.03. The van der Waals surface area contributed by atoms with E-state index in [0.717, 1.165) is 36.4 Å². The first kappa shape index (κ1) is 10.2. The molecule has 2 fully saturated rings. The van der Waals surface area contributed by atoms with Crippen LogP contribution in [0.1, 0.15) is 12.8 Å². The summed E-state index contributed by atoms with van der Waals surface area (Å²) in [6.45, 7) is 3.27. The molecule has 2 aliphatic rings. The molecule has 0 bridgehead atoms. The lowest BCUT2D eigenvalue weighted by Crippen LogP contribution is -2.58. The van der Waals surface area contributed by atoms with Gasteiger partial charge in [0.1, 0.15) is 12.1 Å². The maximum absolute atomic E-state index is 4.46. The third-order valence-corrected chi connectivity index (χ3v) is 4.17. The van der Waals surface area contributed by atoms with Crippen LogP contribution in [0.5, 0.6) is 0 Å². The van der Waals surface area contributed by atoms with E-state index in [4.69, 9.17) is 0 Å². The first-order chi connectivity index (χ1) is 8.86. The lowest BCUT2D eigenvalue weighted by molar-refractivity contribution is 0.235. The van der Waals surface area contributed by atoms with Crippen molar-refractivity contribution in [3.05, 3.63) is 24.8 Å². The second-order valence-electron chi connectivity index (χ2n) is 5.22. The number of pyridine rings is 1. The predicted octanol–water partition coefficient (Wildman–Crippen LogP) is 0.967. The van der Waals surface area contributed by atoms with Gasteiger partial charge >= 0.3 is 0 Å². The lowest BCUT2D eigenvalue weighted by Gasteiger charge is -2.39. The molecule has 5 nitrogen and oxygen atoms in total. The monoisotopic (exact) mass is 241 g/mol. The summed E-state index contributed by atoms with van der Waals surface area (Å²) in [6.07, 6.45) is 7.78. The standard InChI is InChI=1S/C13H15N5/c1-4-14-7-10-11(1)15-9-16-12(10)18-6-3-13(8-18)2-5-17-13/h1,4,7,9,17H,2-3,5-6,8H2. The number of aromatic nitrogens is 3. The van der Waals surface area contributed by atoms with Gasteiger partial charge in [0.05, 0.1) is 10.9 Å². The minimum atomic E-state index is 0.347. The third kappa shape index (κ3) is 1.40. The van der Waals surface area contributed by atoms with Crippen LogP contribution in [-0.2, 0) is 0 Å². The molecule has 0 aliphatic carbocycles. The molecule has 92 valence electrons. The van der Waals surface area contributed by atoms with Crippen LogP contribution >= 0.6 is 0 Å². The number of hydrogen-bond acceptors (Lipinski definition) is 5. The SMILES string of the molecule is c1cc2ncnc(N3CCC4(CCN4)C3)c2cn1. The van der Waals surface area contributed by atoms with Crippen LogP contribution in [0.2, 0.25) is 0 Å². The number of anilines is 1. The minimum Gasteiger partial charge on any atom is -0.354 e. The van der Waals surface area contributed by atoms with Crippen molar-refractivity contribution >= 4 is 16.7 Å². The molecule has 2 aromatic heterocycles. The van der Waals surface area contributed by atoms with E-state index in [1.54, 1.807) is 12.5 Å². The molecule has 18 heavy (non-hydrogen) atoms. The average Bonchev–Trinajstić information content (AvgIpc) is 2.83. The van der Waals surface area contributed by atoms with Crippen LogP contribution < -0.4 is 10.2 Å². The van der Waals surface area contributed by atoms with E-state index in [1.807, 2.05) is 12.3 Å². The molecule has 0 amide bonds. The van der Waals surface area contributed by atoms with Crippen LogP contribution in [-0.4, -0.2) is 40.1 Å². The first-order valence-electron chi connectivity index (χ1n) is 6.41. The second-order valence-corrected chi connectivity index (χ2v) is 5.22. The highest BCUT2D eigenvalue weighted by molar-refractivity contribution is 5.88. The predicted molar refractivity (Wildman–Crippen MR) is 69.5 cm³/mol. The zero-order valence-electron chi connectivity index (χ0n) is 10.1. The van der Waals surface area contributed by atoms with Gasteiger partial charge in [0, 0.05) is 31.0 Å². The van der Waals surface area contributed by atoms with Gasteiger partial charge in [0.2, 0.25) is 0 Å². The molecule has 1 spiro atoms. The molecule has 0 saturated carbocycles. The van der Waals surface area contributed by atoms with Crippen molar-refractivity contribution in [1.29, 1.82) is 0 Å². The molecule has 1 atom stereocenters. The van der Waals surface area contributed by atoms with Gasteiger partial charge < -0.3 is 10.2 Å². The van der Waals surface area contributed by atoms with E-state index < -0.39 is 0 Å². The summed E-state index contributed by atoms with van der Waals surface area (Å²) in [5, 5.41) is 4.62. The van der Waals surface area contributed by atoms with Crippen molar-refractivity contribution in [3.8, 4) is 0 Å². The summed E-state index contributed by atoms with van der Waals surface area (Å²) in [6, 6.07) is 1.94. The molecule has 0 radical (unpaired) electrons. The molecule has 2 aromatic rings. The summed E-state index contributed by atoms with van der Waals surface area (Å²) in [4.78, 5) is 15.3. The van der Waals surface area contributed by atoms with Crippen molar-refractivity contribution in [1.82, 2.24) is 20.3 Å². The van der Waals surface area contributed by atoms with Crippen LogP contribution in [0.3, 0.4) is 0 Å². The Bertz CT molecular complexity index is 587. The number of nitrogens with zero attached hydrogens (tertiary/aromatic N) is 4. The quantitative estimate of drug-likeness (QED) is 0.806. The molecular formula is C13H15N5. The van der Waals surface area contributed by atoms with E-state index in [0.29, 0.717) is 5.54 Å². The molecule has 1 unspecified atom stereocenters. The highest BCUT2D eigenvalue weighted by atomic mass is 15.3. The van der Waals surface area contributed by atoms with Gasteiger partial charge in [-0.15, -0.1) is 0 Å². The zero-order valence-corrected chi connectivity index (χ0v) is 10.1. The Morgan fingerprint density at radius 1 is 1.28 bits per heavy atom. The van der Waals surface area contributed by atoms with Gasteiger partial charge in [0.15, 0.2) is 0 Å². The fourth-order valence-electron chi connectivity index (χ4n) is 3.02. The average molecular weight is 241 g/mol. The van der Waals surface area contributed by atoms with E-state index in [1.165, 1.54) is 12.8 Å². The number of fused-ring (bicyclic) bond motifs is 1. The van der Waals surface area contributed by atoms with E-state index >= 15 is 0 Å². The molecule has 2 aliphatic heterocycles. The molecule has 5 heteroatoms. The van der Waals surface area contributed by atoms with Crippen molar-refractivity contribution in [2.75, 3.05) is 24.5 Å². The van der Waals surface area contributed by atoms with E-state index in [2.05, 4.69) is 25.2 Å². The smallest absolute Gasteiger partial charge is 0.141 e. The van der Waals surface area contributed by atoms with Crippen molar-refractivity contribution in [3.63, 3.8) is 0 Å². The highest BCUT2D eigenvalue weighted by Gasteiger charge is 2.43. The van der Waals surface area contributed by atoms with Crippen molar-refractivity contribution in [2.45, 2.75) is 18.4 Å². The molecule has 2 saturated heterocycles. The Hall–Kier alpha value is -1.75. The molecule has 1 N–H and O–H groups in total. The first-order valence-corrected chi connectivity index (χ1v) is 6.41. The topological polar surface area (TPSA) is 53.9 Å². The fraction of sp³-hybridized carbons (Fsp3) is 0.462. The third-order valence-electron chi connectivity index (χ3n) is 4.17. The normalized spacial score (nSPS) is 26.8. The Morgan fingerprint density at radius 3 is 3.00 bits per heavy atom. The summed E-state index contributed by atoms with van der Waals surface area (Å²) >= 11 is 0. The van der Waals surface area contributed by atoms with Crippen LogP contribution in [0.4, 0.5) is 5.82 Å². The van der Waals surface area contributed by atoms with E-state index in [9.17, 15) is 0 Å². The Morgan fingerprint density at radius 2 is 2.22 bits per heavy atom. The van der Waals surface area contributed by atoms with Crippen molar-refractivity contribution in [2.24, 2.45) is 0 Å². The molecular weight excluding hydrogens is 226 g/mol. The minimum absolute atomic E-state index is 0.347. The molecule has 4 rings (SSSR count). The number of nitrogens with one attached hydrogen (secondary N) is 1. The second kappa shape index (κ2) is 3.62. The number of rotatable bonds is 1. The van der Waals surface area contributed by atoms with Gasteiger partial charge in [-0.3, -0.25) is 4.98 Å². The Balaban J connectivity index is 1.74. The van der Waals surface area contributed by atoms with Crippen LogP contribution in [0.25, 0.3) is 10.9 Å². The van der Waals surface area contributed by atoms with Crippen LogP contribution in [0, 0.1) is 0 Å². The van der Waals surface area contributed by atoms with Gasteiger partial charge in [0.25, 0.3) is 0 Å². The van der Waals surface area contributed by atoms with Gasteiger partial charge in [-0.1, -0.05) is 0 Å². The Kier molecular flexibility index (Phi) is 2.05. The summed E-state index contributed by atoms with van der Waals surface area (Å²) < 4.78 is 0. The van der Waals surface area contributed by atoms with Crippen LogP contribution in [0.15, 0.2) is 24.8 Å². The lowest BCUT2D eigenvalue weighted by atomic mass is 9.87. The van der Waals surface area contributed by atoms with Gasteiger partial charge in [-0.05, 0) is 25.5 Å². The van der Waals surface area contributed by atoms with Gasteiger partial charge in [-0.2, -0.15) is 0 Å². The highest BCUT2D eigenvalue weighted by Crippen LogP contribution is 2.34. The maximum Gasteiger partial charge on any atom is 0.141 e. The maximum atomic E-state index is 4.46. The molecule has 0 aromatic carbocycles. The van der Waals surface area contributed by atoms with Crippen molar-refractivity contribution < 1.29 is 0 Å². The van der Waals surface area contributed by atoms with E-state index in [-0.39, 0.29) is 0 Å². The summed E-state index contributed by atoms with van der Waals surface area (Å²) in [5.41, 5.74) is 1.32. The largest absolute Gasteiger partial charge is 0.354 e. The zero-order chi connectivity index (χ0) is 12.0. The summed E-state index contributed by atoms with van der Waals surface area (Å²) in [7, 11) is 0. The Labute approximate surface area is 105 Å².